The molecule has 0 bridgehead atoms. The van der Waals surface area contributed by atoms with E-state index >= 15 is 0 Å². The van der Waals surface area contributed by atoms with Crippen molar-refractivity contribution in [1.29, 1.82) is 0 Å². The van der Waals surface area contributed by atoms with E-state index < -0.39 is 5.91 Å². The molecule has 9 nitrogen and oxygen atoms in total. The van der Waals surface area contributed by atoms with Crippen LogP contribution in [0, 0.1) is 11.8 Å². The first-order valence-corrected chi connectivity index (χ1v) is 10.9. The van der Waals surface area contributed by atoms with Gasteiger partial charge in [0, 0.05) is 19.4 Å². The van der Waals surface area contributed by atoms with Crippen LogP contribution in [0.4, 0.5) is 0 Å². The number of carbonyl (C=O) groups is 4. The van der Waals surface area contributed by atoms with E-state index in [-0.39, 0.29) is 49.1 Å². The van der Waals surface area contributed by atoms with Gasteiger partial charge in [0.1, 0.15) is 12.4 Å². The fourth-order valence-electron chi connectivity index (χ4n) is 4.62. The lowest BCUT2D eigenvalue weighted by molar-refractivity contribution is -0.140. The molecule has 2 N–H and O–H groups in total. The fourth-order valence-corrected chi connectivity index (χ4v) is 4.62. The van der Waals surface area contributed by atoms with Gasteiger partial charge >= 0.3 is 0 Å². The van der Waals surface area contributed by atoms with Crippen LogP contribution in [0.5, 0.6) is 0 Å². The summed E-state index contributed by atoms with van der Waals surface area (Å²) >= 11 is 0. The number of aryl methyl sites for hydroxylation is 1. The normalized spacial score (nSPS) is 20.7. The van der Waals surface area contributed by atoms with Gasteiger partial charge in [0.05, 0.1) is 22.9 Å². The van der Waals surface area contributed by atoms with Crippen LogP contribution < -0.4 is 10.9 Å². The number of hydrogen-bond donors (Lipinski definition) is 2. The molecule has 4 amide bonds. The van der Waals surface area contributed by atoms with Gasteiger partial charge in [0.25, 0.3) is 5.91 Å². The third kappa shape index (κ3) is 4.17. The first-order valence-electron chi connectivity index (χ1n) is 10.9. The predicted octanol–water partition coefficient (Wildman–Crippen LogP) is 1.31. The van der Waals surface area contributed by atoms with Crippen molar-refractivity contribution in [2.24, 2.45) is 11.8 Å². The number of benzene rings is 1. The molecule has 4 rings (SSSR count). The molecule has 31 heavy (non-hydrogen) atoms. The molecule has 1 aliphatic carbocycles. The number of imide groups is 1. The van der Waals surface area contributed by atoms with Crippen molar-refractivity contribution >= 4 is 34.7 Å². The summed E-state index contributed by atoms with van der Waals surface area (Å²) in [6.45, 7) is 2.03. The Labute approximate surface area is 180 Å². The smallest absolute Gasteiger partial charge is 0.258 e. The Morgan fingerprint density at radius 3 is 2.35 bits per heavy atom. The SMILES string of the molecule is CCc1nc2ccccc2n1CC(=O)NNC(=O)CCN1C(=O)[C@H]2CCCC[C@H]2C1=O. The molecule has 9 heteroatoms. The van der Waals surface area contributed by atoms with E-state index in [1.54, 1.807) is 0 Å². The number of aromatic nitrogens is 2. The van der Waals surface area contributed by atoms with Crippen molar-refractivity contribution in [3.8, 4) is 0 Å². The largest absolute Gasteiger partial charge is 0.318 e. The van der Waals surface area contributed by atoms with E-state index in [0.717, 1.165) is 42.5 Å². The quantitative estimate of drug-likeness (QED) is 0.535. The minimum atomic E-state index is -0.449. The van der Waals surface area contributed by atoms with Crippen LogP contribution in [-0.4, -0.2) is 44.6 Å². The highest BCUT2D eigenvalue weighted by atomic mass is 16.2. The number of imidazole rings is 1. The summed E-state index contributed by atoms with van der Waals surface area (Å²) in [6, 6.07) is 7.57. The topological polar surface area (TPSA) is 113 Å². The Balaban J connectivity index is 1.28. The van der Waals surface area contributed by atoms with Crippen LogP contribution in [0.15, 0.2) is 24.3 Å². The maximum atomic E-state index is 12.5. The van der Waals surface area contributed by atoms with Crippen molar-refractivity contribution in [3.63, 3.8) is 0 Å². The lowest BCUT2D eigenvalue weighted by Crippen LogP contribution is -2.44. The monoisotopic (exact) mass is 425 g/mol. The third-order valence-corrected chi connectivity index (χ3v) is 6.19. The number of amides is 4. The number of nitrogens with one attached hydrogen (secondary N) is 2. The zero-order valence-electron chi connectivity index (χ0n) is 17.6. The molecule has 2 aromatic rings. The number of para-hydroxylation sites is 2. The van der Waals surface area contributed by atoms with Crippen LogP contribution >= 0.6 is 0 Å². The molecule has 2 atom stereocenters. The van der Waals surface area contributed by atoms with Crippen molar-refractivity contribution in [2.75, 3.05) is 6.54 Å². The van der Waals surface area contributed by atoms with Crippen molar-refractivity contribution in [1.82, 2.24) is 25.3 Å². The van der Waals surface area contributed by atoms with Gasteiger partial charge in [-0.15, -0.1) is 0 Å². The number of nitrogens with zero attached hydrogens (tertiary/aromatic N) is 3. The van der Waals surface area contributed by atoms with E-state index in [1.807, 2.05) is 35.8 Å². The second-order valence-corrected chi connectivity index (χ2v) is 8.13. The van der Waals surface area contributed by atoms with E-state index in [4.69, 9.17) is 0 Å². The molecule has 2 aliphatic rings. The minimum Gasteiger partial charge on any atom is -0.318 e. The van der Waals surface area contributed by atoms with Gasteiger partial charge in [-0.1, -0.05) is 31.9 Å². The summed E-state index contributed by atoms with van der Waals surface area (Å²) < 4.78 is 1.82. The highest BCUT2D eigenvalue weighted by Crippen LogP contribution is 2.37. The number of hydrogen-bond acceptors (Lipinski definition) is 5. The molecule has 164 valence electrons. The van der Waals surface area contributed by atoms with Crippen molar-refractivity contribution in [2.45, 2.75) is 52.0 Å². The predicted molar refractivity (Wildman–Crippen MR) is 112 cm³/mol. The molecule has 1 aromatic carbocycles. The molecule has 0 radical (unpaired) electrons. The molecule has 0 spiro atoms. The number of fused-ring (bicyclic) bond motifs is 2. The van der Waals surface area contributed by atoms with Crippen LogP contribution in [0.3, 0.4) is 0 Å². The van der Waals surface area contributed by atoms with Gasteiger partial charge in [0.15, 0.2) is 0 Å². The third-order valence-electron chi connectivity index (χ3n) is 6.19. The number of carbonyl (C=O) groups excluding carboxylic acids is 4. The van der Waals surface area contributed by atoms with E-state index in [9.17, 15) is 19.2 Å². The highest BCUT2D eigenvalue weighted by Gasteiger charge is 2.47. The Kier molecular flexibility index (Phi) is 6.01. The maximum Gasteiger partial charge on any atom is 0.258 e. The van der Waals surface area contributed by atoms with Crippen LogP contribution in [0.25, 0.3) is 11.0 Å². The van der Waals surface area contributed by atoms with Gasteiger partial charge in [-0.05, 0) is 25.0 Å². The average Bonchev–Trinajstić information content (AvgIpc) is 3.26. The summed E-state index contributed by atoms with van der Waals surface area (Å²) in [5.41, 5.74) is 6.46. The van der Waals surface area contributed by atoms with Gasteiger partial charge < -0.3 is 4.57 Å². The second-order valence-electron chi connectivity index (χ2n) is 8.13. The number of rotatable bonds is 6. The maximum absolute atomic E-state index is 12.5. The molecule has 1 saturated carbocycles. The lowest BCUT2D eigenvalue weighted by Gasteiger charge is -2.19. The molecule has 1 aliphatic heterocycles. The highest BCUT2D eigenvalue weighted by molar-refractivity contribution is 6.05. The molecule has 2 fully saturated rings. The van der Waals surface area contributed by atoms with E-state index in [1.165, 1.54) is 4.90 Å². The molecular weight excluding hydrogens is 398 g/mol. The van der Waals surface area contributed by atoms with E-state index in [0.29, 0.717) is 6.42 Å². The van der Waals surface area contributed by atoms with Crippen LogP contribution in [0.2, 0.25) is 0 Å². The summed E-state index contributed by atoms with van der Waals surface area (Å²) in [5.74, 6) is -0.810. The number of likely N-dealkylation sites (tertiary alicyclic amines) is 1. The second kappa shape index (κ2) is 8.87. The summed E-state index contributed by atoms with van der Waals surface area (Å²) in [5, 5.41) is 0. The van der Waals surface area contributed by atoms with Crippen molar-refractivity contribution < 1.29 is 19.2 Å². The Morgan fingerprint density at radius 2 is 1.68 bits per heavy atom. The Bertz CT molecular complexity index is 1010. The number of hydrazine groups is 1. The van der Waals surface area contributed by atoms with Crippen molar-refractivity contribution in [3.05, 3.63) is 30.1 Å². The zero-order chi connectivity index (χ0) is 22.0. The molecular formula is C22H27N5O4. The van der Waals surface area contributed by atoms with Crippen LogP contribution in [-0.2, 0) is 32.1 Å². The Morgan fingerprint density at radius 1 is 1.03 bits per heavy atom. The van der Waals surface area contributed by atoms with Gasteiger partial charge in [0.2, 0.25) is 17.7 Å². The standard InChI is InChI=1S/C22H27N5O4/c1-2-18-23-16-9-5-6-10-17(16)27(18)13-20(29)25-24-19(28)11-12-26-21(30)14-7-3-4-8-15(14)22(26)31/h5-6,9-10,14-15H,2-4,7-8,11-13H2,1H3,(H,24,28)(H,25,29)/t14-,15+. The lowest BCUT2D eigenvalue weighted by atomic mass is 9.81. The van der Waals surface area contributed by atoms with Gasteiger partial charge in [-0.3, -0.25) is 34.9 Å². The summed E-state index contributed by atoms with van der Waals surface area (Å²) in [6.07, 6.45) is 4.05. The zero-order valence-corrected chi connectivity index (χ0v) is 17.6. The first-order chi connectivity index (χ1) is 15.0. The summed E-state index contributed by atoms with van der Waals surface area (Å²) in [7, 11) is 0. The average molecular weight is 425 g/mol. The summed E-state index contributed by atoms with van der Waals surface area (Å²) in [4.78, 5) is 55.2. The minimum absolute atomic E-state index is 0.0242. The Hall–Kier alpha value is -3.23. The van der Waals surface area contributed by atoms with E-state index in [2.05, 4.69) is 15.8 Å². The fraction of sp³-hybridized carbons (Fsp3) is 0.500. The molecule has 1 aromatic heterocycles. The molecule has 1 saturated heterocycles. The molecule has 0 unspecified atom stereocenters. The molecule has 2 heterocycles. The van der Waals surface area contributed by atoms with Gasteiger partial charge in [-0.25, -0.2) is 4.98 Å². The van der Waals surface area contributed by atoms with Crippen LogP contribution in [0.1, 0.15) is 44.9 Å². The first kappa shape index (κ1) is 21.0. The van der Waals surface area contributed by atoms with Gasteiger partial charge in [-0.2, -0.15) is 0 Å².